The Kier molecular flexibility index (Phi) is 9.27. The van der Waals surface area contributed by atoms with Gasteiger partial charge in [0.25, 0.3) is 5.91 Å². The van der Waals surface area contributed by atoms with Gasteiger partial charge in [0.1, 0.15) is 5.75 Å². The molecule has 2 rings (SSSR count). The summed E-state index contributed by atoms with van der Waals surface area (Å²) in [5, 5.41) is 9.81. The van der Waals surface area contributed by atoms with Crippen LogP contribution in [0.1, 0.15) is 43.0 Å². The summed E-state index contributed by atoms with van der Waals surface area (Å²) < 4.78 is 17.2. The molecular weight excluding hydrogens is 376 g/mol. The highest BCUT2D eigenvalue weighted by atomic mass is 32.2. The van der Waals surface area contributed by atoms with E-state index < -0.39 is 10.8 Å². The maximum absolute atomic E-state index is 12.1. The number of guanidine groups is 1. The van der Waals surface area contributed by atoms with Crippen molar-refractivity contribution in [3.63, 3.8) is 0 Å². The number of nitrogens with zero attached hydrogens (tertiary/aromatic N) is 1. The van der Waals surface area contributed by atoms with Crippen molar-refractivity contribution in [3.05, 3.63) is 29.8 Å². The van der Waals surface area contributed by atoms with E-state index in [9.17, 15) is 9.00 Å². The van der Waals surface area contributed by atoms with Crippen LogP contribution in [0.3, 0.4) is 0 Å². The van der Waals surface area contributed by atoms with E-state index in [0.29, 0.717) is 24.6 Å². The van der Waals surface area contributed by atoms with Crippen LogP contribution in [0, 0.1) is 0 Å². The summed E-state index contributed by atoms with van der Waals surface area (Å²) >= 11 is 0. The van der Waals surface area contributed by atoms with Gasteiger partial charge in [0, 0.05) is 53.5 Å². The molecule has 7 nitrogen and oxygen atoms in total. The van der Waals surface area contributed by atoms with Crippen molar-refractivity contribution in [1.29, 1.82) is 0 Å². The van der Waals surface area contributed by atoms with E-state index in [1.165, 1.54) is 0 Å². The predicted octanol–water partition coefficient (Wildman–Crippen LogP) is 1.67. The number of nitrogens with one attached hydrogen (secondary N) is 3. The molecule has 8 heteroatoms. The molecule has 0 bridgehead atoms. The average Bonchev–Trinajstić information content (AvgIpc) is 2.75. The number of hydrogen-bond acceptors (Lipinski definition) is 4. The third-order valence-corrected chi connectivity index (χ3v) is 6.64. The van der Waals surface area contributed by atoms with Crippen LogP contribution in [-0.4, -0.2) is 60.4 Å². The summed E-state index contributed by atoms with van der Waals surface area (Å²) in [7, 11) is 2.59. The highest BCUT2D eigenvalue weighted by Gasteiger charge is 2.25. The Labute approximate surface area is 170 Å². The Bertz CT molecular complexity index is 679. The van der Waals surface area contributed by atoms with Gasteiger partial charge < -0.3 is 20.7 Å². The number of ether oxygens (including phenoxy) is 1. The number of carbonyl (C=O) groups excluding carboxylic acids is 1. The Morgan fingerprint density at radius 2 is 1.93 bits per heavy atom. The molecule has 1 amide bonds. The van der Waals surface area contributed by atoms with Crippen LogP contribution in [0.5, 0.6) is 5.75 Å². The Morgan fingerprint density at radius 1 is 1.21 bits per heavy atom. The van der Waals surface area contributed by atoms with Crippen LogP contribution in [0.25, 0.3) is 0 Å². The topological polar surface area (TPSA) is 91.8 Å². The lowest BCUT2D eigenvalue weighted by atomic mass is 9.95. The first-order chi connectivity index (χ1) is 13.6. The van der Waals surface area contributed by atoms with E-state index >= 15 is 0 Å². The number of carbonyl (C=O) groups is 1. The third kappa shape index (κ3) is 6.82. The maximum Gasteiger partial charge on any atom is 0.251 e. The van der Waals surface area contributed by atoms with Crippen LogP contribution in [0.4, 0.5) is 0 Å². The molecule has 3 unspecified atom stereocenters. The van der Waals surface area contributed by atoms with Crippen molar-refractivity contribution in [2.24, 2.45) is 4.99 Å². The van der Waals surface area contributed by atoms with Gasteiger partial charge >= 0.3 is 0 Å². The van der Waals surface area contributed by atoms with Gasteiger partial charge in [-0.3, -0.25) is 14.0 Å². The number of rotatable bonds is 8. The third-order valence-electron chi connectivity index (χ3n) is 4.90. The highest BCUT2D eigenvalue weighted by Crippen LogP contribution is 2.22. The molecular formula is C20H32N4O3S. The number of benzene rings is 1. The second-order valence-corrected chi connectivity index (χ2v) is 8.79. The summed E-state index contributed by atoms with van der Waals surface area (Å²) in [6.45, 7) is 3.03. The average molecular weight is 409 g/mol. The minimum Gasteiger partial charge on any atom is -0.497 e. The first kappa shape index (κ1) is 22.2. The zero-order chi connectivity index (χ0) is 20.4. The first-order valence-corrected chi connectivity index (χ1v) is 11.2. The Morgan fingerprint density at radius 3 is 2.57 bits per heavy atom. The molecule has 1 aromatic carbocycles. The number of methoxy groups -OCH3 is 1. The minimum atomic E-state index is -0.739. The quantitative estimate of drug-likeness (QED) is 0.346. The normalized spacial score (nSPS) is 20.9. The molecule has 3 N–H and O–H groups in total. The summed E-state index contributed by atoms with van der Waals surface area (Å²) in [5.74, 6) is 2.04. The molecule has 28 heavy (non-hydrogen) atoms. The van der Waals surface area contributed by atoms with Gasteiger partial charge in [-0.15, -0.1) is 0 Å². The van der Waals surface area contributed by atoms with E-state index in [0.717, 1.165) is 37.2 Å². The molecule has 1 saturated carbocycles. The van der Waals surface area contributed by atoms with Crippen LogP contribution >= 0.6 is 0 Å². The van der Waals surface area contributed by atoms with Crippen molar-refractivity contribution in [1.82, 2.24) is 16.0 Å². The molecule has 156 valence electrons. The van der Waals surface area contributed by atoms with Crippen molar-refractivity contribution in [2.75, 3.05) is 33.0 Å². The van der Waals surface area contributed by atoms with Crippen molar-refractivity contribution in [2.45, 2.75) is 43.9 Å². The molecule has 1 fully saturated rings. The van der Waals surface area contributed by atoms with E-state index in [1.807, 2.05) is 6.92 Å². The number of amides is 1. The molecule has 0 aromatic heterocycles. The van der Waals surface area contributed by atoms with Gasteiger partial charge in [-0.05, 0) is 43.5 Å². The summed E-state index contributed by atoms with van der Waals surface area (Å²) in [5.41, 5.74) is 0.598. The lowest BCUT2D eigenvalue weighted by Crippen LogP contribution is -2.48. The molecule has 0 spiro atoms. The van der Waals surface area contributed by atoms with E-state index in [2.05, 4.69) is 20.9 Å². The van der Waals surface area contributed by atoms with Gasteiger partial charge in [0.15, 0.2) is 5.96 Å². The lowest BCUT2D eigenvalue weighted by molar-refractivity contribution is 0.0954. The van der Waals surface area contributed by atoms with Gasteiger partial charge in [-0.2, -0.15) is 0 Å². The monoisotopic (exact) mass is 408 g/mol. The second-order valence-electron chi connectivity index (χ2n) is 6.78. The molecule has 1 aliphatic rings. The number of aliphatic imine (C=N–C) groups is 1. The first-order valence-electron chi connectivity index (χ1n) is 9.84. The molecule has 1 aliphatic carbocycles. The molecule has 0 saturated heterocycles. The molecule has 3 atom stereocenters. The SMILES string of the molecule is CCS(=O)C1CCCC(NC(=NC)NCCNC(=O)c2ccc(OC)cc2)C1. The predicted molar refractivity (Wildman–Crippen MR) is 115 cm³/mol. The lowest BCUT2D eigenvalue weighted by Gasteiger charge is -2.30. The van der Waals surface area contributed by atoms with Gasteiger partial charge in [-0.25, -0.2) is 0 Å². The summed E-state index contributed by atoms with van der Waals surface area (Å²) in [6, 6.07) is 7.29. The molecule has 0 heterocycles. The Hall–Kier alpha value is -2.09. The van der Waals surface area contributed by atoms with Crippen LogP contribution in [0.15, 0.2) is 29.3 Å². The fraction of sp³-hybridized carbons (Fsp3) is 0.600. The van der Waals surface area contributed by atoms with Crippen LogP contribution in [-0.2, 0) is 10.8 Å². The van der Waals surface area contributed by atoms with Gasteiger partial charge in [0.05, 0.1) is 7.11 Å². The largest absolute Gasteiger partial charge is 0.497 e. The smallest absolute Gasteiger partial charge is 0.251 e. The van der Waals surface area contributed by atoms with Crippen LogP contribution < -0.4 is 20.7 Å². The highest BCUT2D eigenvalue weighted by molar-refractivity contribution is 7.85. The standard InChI is InChI=1S/C20H32N4O3S/c1-4-28(26)18-7-5-6-16(14-18)24-20(21-2)23-13-12-22-19(25)15-8-10-17(27-3)11-9-15/h8-11,16,18H,4-7,12-14H2,1-3H3,(H,22,25)(H2,21,23,24). The summed E-state index contributed by atoms with van der Waals surface area (Å²) in [6.07, 6.45) is 4.10. The second kappa shape index (κ2) is 11.7. The Balaban J connectivity index is 1.71. The zero-order valence-electron chi connectivity index (χ0n) is 17.0. The fourth-order valence-corrected chi connectivity index (χ4v) is 4.69. The van der Waals surface area contributed by atoms with Crippen molar-refractivity contribution in [3.8, 4) is 5.75 Å². The molecule has 1 aromatic rings. The van der Waals surface area contributed by atoms with Gasteiger partial charge in [0.2, 0.25) is 0 Å². The van der Waals surface area contributed by atoms with Crippen molar-refractivity contribution >= 4 is 22.7 Å². The molecule has 0 aliphatic heterocycles. The zero-order valence-corrected chi connectivity index (χ0v) is 17.8. The molecule has 0 radical (unpaired) electrons. The van der Waals surface area contributed by atoms with Crippen molar-refractivity contribution < 1.29 is 13.7 Å². The maximum atomic E-state index is 12.1. The minimum absolute atomic E-state index is 0.121. The van der Waals surface area contributed by atoms with E-state index in [-0.39, 0.29) is 17.2 Å². The number of hydrogen-bond donors (Lipinski definition) is 3. The summed E-state index contributed by atoms with van der Waals surface area (Å²) in [4.78, 5) is 16.4. The van der Waals surface area contributed by atoms with Crippen LogP contribution in [0.2, 0.25) is 0 Å². The fourth-order valence-electron chi connectivity index (χ4n) is 3.34. The van der Waals surface area contributed by atoms with Gasteiger partial charge in [-0.1, -0.05) is 13.3 Å². The van der Waals surface area contributed by atoms with E-state index in [4.69, 9.17) is 4.74 Å². The van der Waals surface area contributed by atoms with E-state index in [1.54, 1.807) is 38.4 Å².